The molecule has 2 N–H and O–H groups in total. The molecule has 1 aliphatic rings. The van der Waals surface area contributed by atoms with Crippen molar-refractivity contribution in [1.29, 1.82) is 0 Å². The van der Waals surface area contributed by atoms with Crippen LogP contribution in [0.5, 0.6) is 0 Å². The summed E-state index contributed by atoms with van der Waals surface area (Å²) >= 11 is 3.49. The van der Waals surface area contributed by atoms with E-state index >= 15 is 0 Å². The first-order chi connectivity index (χ1) is 9.04. The van der Waals surface area contributed by atoms with Crippen LogP contribution in [0.25, 0.3) is 0 Å². The Morgan fingerprint density at radius 2 is 1.84 bits per heavy atom. The monoisotopic (exact) mass is 326 g/mol. The lowest BCUT2D eigenvalue weighted by Crippen LogP contribution is -2.49. The van der Waals surface area contributed by atoms with Crippen LogP contribution in [-0.2, 0) is 0 Å². The second kappa shape index (κ2) is 6.35. The molecule has 3 nitrogen and oxygen atoms in total. The highest BCUT2D eigenvalue weighted by atomic mass is 79.9. The van der Waals surface area contributed by atoms with Gasteiger partial charge in [-0.05, 0) is 17.7 Å². The zero-order valence-electron chi connectivity index (χ0n) is 11.7. The number of piperazine rings is 1. The summed E-state index contributed by atoms with van der Waals surface area (Å²) in [7, 11) is 0. The molecule has 0 radical (unpaired) electrons. The van der Waals surface area contributed by atoms with Crippen molar-refractivity contribution in [2.45, 2.75) is 19.9 Å². The van der Waals surface area contributed by atoms with Gasteiger partial charge in [0.25, 0.3) is 0 Å². The predicted molar refractivity (Wildman–Crippen MR) is 82.2 cm³/mol. The topological polar surface area (TPSA) is 35.5 Å². The molecule has 2 rings (SSSR count). The highest BCUT2D eigenvalue weighted by Gasteiger charge is 2.35. The largest absolute Gasteiger partial charge is 0.396 e. The van der Waals surface area contributed by atoms with Crippen LogP contribution >= 0.6 is 15.9 Å². The summed E-state index contributed by atoms with van der Waals surface area (Å²) < 4.78 is 1.09. The first-order valence-corrected chi connectivity index (χ1v) is 7.65. The van der Waals surface area contributed by atoms with Gasteiger partial charge in [0.2, 0.25) is 0 Å². The van der Waals surface area contributed by atoms with Gasteiger partial charge in [-0.3, -0.25) is 4.90 Å². The van der Waals surface area contributed by atoms with Crippen molar-refractivity contribution in [3.05, 3.63) is 34.3 Å². The molecular weight excluding hydrogens is 304 g/mol. The SMILES string of the molecule is CC(C)(CO)[C@@H](c1ccc(Br)cc1)N1CCNCC1. The van der Waals surface area contributed by atoms with Gasteiger partial charge in [-0.1, -0.05) is 41.9 Å². The second-order valence-corrected chi connectivity index (χ2v) is 6.80. The van der Waals surface area contributed by atoms with Gasteiger partial charge in [-0.15, -0.1) is 0 Å². The molecule has 1 saturated heterocycles. The van der Waals surface area contributed by atoms with Gasteiger partial charge < -0.3 is 10.4 Å². The smallest absolute Gasteiger partial charge is 0.0500 e. The lowest BCUT2D eigenvalue weighted by molar-refractivity contribution is 0.0305. The molecule has 1 fully saturated rings. The fraction of sp³-hybridized carbons (Fsp3) is 0.600. The van der Waals surface area contributed by atoms with Gasteiger partial charge >= 0.3 is 0 Å². The van der Waals surface area contributed by atoms with E-state index in [2.05, 4.69) is 64.3 Å². The van der Waals surface area contributed by atoms with Crippen LogP contribution in [0.4, 0.5) is 0 Å². The Bertz CT molecular complexity index is 399. The van der Waals surface area contributed by atoms with Crippen LogP contribution in [0, 0.1) is 5.41 Å². The van der Waals surface area contributed by atoms with Crippen LogP contribution in [0.1, 0.15) is 25.5 Å². The molecule has 1 aromatic rings. The summed E-state index contributed by atoms with van der Waals surface area (Å²) in [6, 6.07) is 8.74. The zero-order chi connectivity index (χ0) is 13.9. The quantitative estimate of drug-likeness (QED) is 0.892. The van der Waals surface area contributed by atoms with Crippen molar-refractivity contribution in [2.24, 2.45) is 5.41 Å². The molecule has 0 aromatic heterocycles. The Morgan fingerprint density at radius 3 is 2.37 bits per heavy atom. The van der Waals surface area contributed by atoms with Gasteiger partial charge in [0.1, 0.15) is 0 Å². The van der Waals surface area contributed by atoms with E-state index in [9.17, 15) is 5.11 Å². The normalized spacial score (nSPS) is 19.4. The molecule has 1 aromatic carbocycles. The number of halogens is 1. The van der Waals surface area contributed by atoms with Crippen LogP contribution in [0.15, 0.2) is 28.7 Å². The first kappa shape index (κ1) is 15.0. The molecule has 1 aliphatic heterocycles. The average Bonchev–Trinajstić information content (AvgIpc) is 2.42. The van der Waals surface area contributed by atoms with Gasteiger partial charge in [0.05, 0.1) is 0 Å². The average molecular weight is 327 g/mol. The Morgan fingerprint density at radius 1 is 1.26 bits per heavy atom. The van der Waals surface area contributed by atoms with Crippen LogP contribution in [0.2, 0.25) is 0 Å². The Balaban J connectivity index is 2.30. The summed E-state index contributed by atoms with van der Waals surface area (Å²) in [6.07, 6.45) is 0. The van der Waals surface area contributed by atoms with Crippen molar-refractivity contribution in [2.75, 3.05) is 32.8 Å². The summed E-state index contributed by atoms with van der Waals surface area (Å²) in [5.41, 5.74) is 1.13. The van der Waals surface area contributed by atoms with Crippen LogP contribution in [-0.4, -0.2) is 42.8 Å². The molecule has 0 spiro atoms. The zero-order valence-corrected chi connectivity index (χ0v) is 13.3. The Hall–Kier alpha value is -0.420. The predicted octanol–water partition coefficient (Wildman–Crippen LogP) is 2.41. The minimum atomic E-state index is -0.148. The van der Waals surface area contributed by atoms with E-state index in [1.165, 1.54) is 5.56 Å². The van der Waals surface area contributed by atoms with E-state index in [0.717, 1.165) is 30.7 Å². The molecule has 19 heavy (non-hydrogen) atoms. The van der Waals surface area contributed by atoms with Crippen molar-refractivity contribution >= 4 is 15.9 Å². The third kappa shape index (κ3) is 3.57. The fourth-order valence-corrected chi connectivity index (χ4v) is 3.09. The number of rotatable bonds is 4. The fourth-order valence-electron chi connectivity index (χ4n) is 2.83. The molecule has 0 aliphatic carbocycles. The van der Waals surface area contributed by atoms with Crippen LogP contribution in [0.3, 0.4) is 0 Å². The molecule has 106 valence electrons. The van der Waals surface area contributed by atoms with E-state index in [4.69, 9.17) is 0 Å². The molecule has 1 atom stereocenters. The maximum absolute atomic E-state index is 9.76. The number of hydrogen-bond acceptors (Lipinski definition) is 3. The van der Waals surface area contributed by atoms with Crippen molar-refractivity contribution in [3.8, 4) is 0 Å². The number of nitrogens with one attached hydrogen (secondary N) is 1. The highest BCUT2D eigenvalue weighted by molar-refractivity contribution is 9.10. The van der Waals surface area contributed by atoms with Crippen molar-refractivity contribution in [1.82, 2.24) is 10.2 Å². The third-order valence-electron chi connectivity index (χ3n) is 3.85. The third-order valence-corrected chi connectivity index (χ3v) is 4.38. The lowest BCUT2D eigenvalue weighted by atomic mass is 9.80. The van der Waals surface area contributed by atoms with E-state index in [1.54, 1.807) is 0 Å². The summed E-state index contributed by atoms with van der Waals surface area (Å²) in [6.45, 7) is 8.58. The Kier molecular flexibility index (Phi) is 5.01. The molecule has 1 heterocycles. The molecule has 0 unspecified atom stereocenters. The molecule has 0 saturated carbocycles. The number of hydrogen-bond donors (Lipinski definition) is 2. The molecule has 0 bridgehead atoms. The molecular formula is C15H23BrN2O. The molecule has 0 amide bonds. The second-order valence-electron chi connectivity index (χ2n) is 5.89. The lowest BCUT2D eigenvalue weighted by Gasteiger charge is -2.43. The highest BCUT2D eigenvalue weighted by Crippen LogP contribution is 2.38. The number of nitrogens with zero attached hydrogens (tertiary/aromatic N) is 1. The Labute approximate surface area is 124 Å². The van der Waals surface area contributed by atoms with Crippen LogP contribution < -0.4 is 5.32 Å². The summed E-state index contributed by atoms with van der Waals surface area (Å²) in [5, 5.41) is 13.1. The summed E-state index contributed by atoms with van der Waals surface area (Å²) in [5.74, 6) is 0. The summed E-state index contributed by atoms with van der Waals surface area (Å²) in [4.78, 5) is 2.48. The van der Waals surface area contributed by atoms with E-state index in [1.807, 2.05) is 0 Å². The maximum Gasteiger partial charge on any atom is 0.0500 e. The van der Waals surface area contributed by atoms with E-state index < -0.39 is 0 Å². The standard InChI is InChI=1S/C15H23BrN2O/c1-15(2,11-19)14(18-9-7-17-8-10-18)12-3-5-13(16)6-4-12/h3-6,14,17,19H,7-11H2,1-2H3/t14-/m1/s1. The van der Waals surface area contributed by atoms with E-state index in [-0.39, 0.29) is 18.1 Å². The van der Waals surface area contributed by atoms with Gasteiger partial charge in [-0.25, -0.2) is 0 Å². The van der Waals surface area contributed by atoms with E-state index in [0.29, 0.717) is 0 Å². The maximum atomic E-state index is 9.76. The van der Waals surface area contributed by atoms with Gasteiger partial charge in [0.15, 0.2) is 0 Å². The number of aliphatic hydroxyl groups excluding tert-OH is 1. The number of benzene rings is 1. The number of aliphatic hydroxyl groups is 1. The minimum Gasteiger partial charge on any atom is -0.396 e. The van der Waals surface area contributed by atoms with Gasteiger partial charge in [0, 0.05) is 48.7 Å². The molecule has 4 heteroatoms. The van der Waals surface area contributed by atoms with Gasteiger partial charge in [-0.2, -0.15) is 0 Å². The first-order valence-electron chi connectivity index (χ1n) is 6.86. The van der Waals surface area contributed by atoms with Crippen molar-refractivity contribution < 1.29 is 5.11 Å². The van der Waals surface area contributed by atoms with Crippen molar-refractivity contribution in [3.63, 3.8) is 0 Å². The minimum absolute atomic E-state index is 0.148.